The Morgan fingerprint density at radius 1 is 1.00 bits per heavy atom. The van der Waals surface area contributed by atoms with Crippen LogP contribution in [0, 0.1) is 0 Å². The van der Waals surface area contributed by atoms with Gasteiger partial charge < -0.3 is 13.3 Å². The minimum Gasteiger partial charge on any atom is -0.472 e. The molecule has 118 valence electrons. The van der Waals surface area contributed by atoms with Gasteiger partial charge in [0.2, 0.25) is 0 Å². The highest BCUT2D eigenvalue weighted by molar-refractivity contribution is 6.74. The molecule has 2 heterocycles. The van der Waals surface area contributed by atoms with E-state index < -0.39 is 8.32 Å². The van der Waals surface area contributed by atoms with Crippen LogP contribution in [0.25, 0.3) is 12.2 Å². The lowest BCUT2D eigenvalue weighted by Crippen LogP contribution is -2.42. The Balaban J connectivity index is 1.99. The van der Waals surface area contributed by atoms with Crippen LogP contribution in [0.1, 0.15) is 49.1 Å². The van der Waals surface area contributed by atoms with Crippen molar-refractivity contribution in [2.75, 3.05) is 0 Å². The van der Waals surface area contributed by atoms with Crippen molar-refractivity contribution in [2.45, 2.75) is 51.4 Å². The average Bonchev–Trinajstić information content (AvgIpc) is 3.00. The molecule has 0 aromatic carbocycles. The zero-order valence-corrected chi connectivity index (χ0v) is 15.0. The standard InChI is InChI=1S/C18H24O3Si/c1-18(2,3)22(4,5)21-17-8-15-11-19-9-13(15)6-7-14-10-20-12-16(14)17/h6-7,9-12,17H,8H2,1-5H3/b7-6-. The average molecular weight is 316 g/mol. The highest BCUT2D eigenvalue weighted by Crippen LogP contribution is 2.42. The SMILES string of the molecule is CC(C)(C)[Si](C)(C)OC1Cc2cocc2/C=C\c2cocc21. The number of hydrogen-bond donors (Lipinski definition) is 0. The highest BCUT2D eigenvalue weighted by atomic mass is 28.4. The van der Waals surface area contributed by atoms with Gasteiger partial charge in [0.05, 0.1) is 31.2 Å². The molecule has 0 fully saturated rings. The summed E-state index contributed by atoms with van der Waals surface area (Å²) in [6.45, 7) is 11.4. The molecule has 1 aliphatic rings. The van der Waals surface area contributed by atoms with E-state index in [-0.39, 0.29) is 11.1 Å². The minimum atomic E-state index is -1.87. The second-order valence-corrected chi connectivity index (χ2v) is 12.3. The minimum absolute atomic E-state index is 0.0101. The van der Waals surface area contributed by atoms with E-state index in [0.29, 0.717) is 0 Å². The second kappa shape index (κ2) is 5.28. The Labute approximate surface area is 133 Å². The molecule has 1 aliphatic carbocycles. The third kappa shape index (κ3) is 2.73. The van der Waals surface area contributed by atoms with Gasteiger partial charge in [0.25, 0.3) is 0 Å². The van der Waals surface area contributed by atoms with Crippen LogP contribution >= 0.6 is 0 Å². The van der Waals surface area contributed by atoms with Crippen molar-refractivity contribution in [3.8, 4) is 0 Å². The fourth-order valence-electron chi connectivity index (χ4n) is 2.49. The van der Waals surface area contributed by atoms with Crippen molar-refractivity contribution in [2.24, 2.45) is 0 Å². The van der Waals surface area contributed by atoms with Crippen LogP contribution in [0.2, 0.25) is 18.1 Å². The summed E-state index contributed by atoms with van der Waals surface area (Å²) in [5, 5.41) is 0.175. The Bertz CT molecular complexity index is 685. The third-order valence-corrected chi connectivity index (χ3v) is 9.42. The quantitative estimate of drug-likeness (QED) is 0.670. The summed E-state index contributed by atoms with van der Waals surface area (Å²) in [6, 6.07) is 0. The summed E-state index contributed by atoms with van der Waals surface area (Å²) < 4.78 is 17.5. The van der Waals surface area contributed by atoms with E-state index in [1.165, 1.54) is 5.56 Å². The van der Waals surface area contributed by atoms with E-state index in [2.05, 4.69) is 46.0 Å². The summed E-state index contributed by atoms with van der Waals surface area (Å²) in [4.78, 5) is 0. The molecule has 22 heavy (non-hydrogen) atoms. The fourth-order valence-corrected chi connectivity index (χ4v) is 3.76. The van der Waals surface area contributed by atoms with Gasteiger partial charge in [-0.05, 0) is 18.1 Å². The molecule has 2 aromatic rings. The highest BCUT2D eigenvalue weighted by Gasteiger charge is 2.40. The number of hydrogen-bond acceptors (Lipinski definition) is 3. The Morgan fingerprint density at radius 2 is 1.64 bits per heavy atom. The maximum Gasteiger partial charge on any atom is 0.192 e. The maximum atomic E-state index is 6.69. The molecule has 0 aliphatic heterocycles. The summed E-state index contributed by atoms with van der Waals surface area (Å²) in [5.41, 5.74) is 4.53. The number of furan rings is 2. The zero-order chi connectivity index (χ0) is 16.0. The first kappa shape index (κ1) is 15.4. The van der Waals surface area contributed by atoms with E-state index >= 15 is 0 Å². The summed E-state index contributed by atoms with van der Waals surface area (Å²) in [6.07, 6.45) is 12.2. The lowest BCUT2D eigenvalue weighted by Gasteiger charge is -2.39. The van der Waals surface area contributed by atoms with Crippen LogP contribution in [0.5, 0.6) is 0 Å². The van der Waals surface area contributed by atoms with Crippen molar-refractivity contribution in [1.82, 2.24) is 0 Å². The van der Waals surface area contributed by atoms with Gasteiger partial charge in [-0.1, -0.05) is 32.9 Å². The van der Waals surface area contributed by atoms with Crippen molar-refractivity contribution < 1.29 is 13.3 Å². The van der Waals surface area contributed by atoms with Crippen molar-refractivity contribution in [1.29, 1.82) is 0 Å². The first-order valence-corrected chi connectivity index (χ1v) is 10.7. The molecule has 4 heteroatoms. The van der Waals surface area contributed by atoms with E-state index in [0.717, 1.165) is 23.1 Å². The van der Waals surface area contributed by atoms with Crippen LogP contribution in [0.15, 0.2) is 33.9 Å². The van der Waals surface area contributed by atoms with Gasteiger partial charge in [-0.25, -0.2) is 0 Å². The number of rotatable bonds is 2. The molecule has 3 nitrogen and oxygen atoms in total. The van der Waals surface area contributed by atoms with E-state index in [1.54, 1.807) is 12.5 Å². The van der Waals surface area contributed by atoms with Crippen LogP contribution in [-0.2, 0) is 10.8 Å². The molecule has 1 atom stereocenters. The molecule has 0 spiro atoms. The van der Waals surface area contributed by atoms with Gasteiger partial charge >= 0.3 is 0 Å². The van der Waals surface area contributed by atoms with E-state index in [4.69, 9.17) is 13.3 Å². The molecular formula is C18H24O3Si. The van der Waals surface area contributed by atoms with Crippen molar-refractivity contribution in [3.05, 3.63) is 47.3 Å². The molecule has 0 saturated heterocycles. The predicted octanol–water partition coefficient (Wildman–Crippen LogP) is 5.66. The third-order valence-electron chi connectivity index (χ3n) is 4.94. The number of fused-ring (bicyclic) bond motifs is 2. The largest absolute Gasteiger partial charge is 0.472 e. The van der Waals surface area contributed by atoms with Gasteiger partial charge in [0.15, 0.2) is 8.32 Å². The molecule has 1 unspecified atom stereocenters. The predicted molar refractivity (Wildman–Crippen MR) is 91.1 cm³/mol. The Kier molecular flexibility index (Phi) is 3.69. The Morgan fingerprint density at radius 3 is 2.36 bits per heavy atom. The van der Waals surface area contributed by atoms with Gasteiger partial charge in [0.1, 0.15) is 0 Å². The van der Waals surface area contributed by atoms with Gasteiger partial charge in [-0.3, -0.25) is 0 Å². The fraction of sp³-hybridized carbons (Fsp3) is 0.444. The molecule has 0 saturated carbocycles. The van der Waals surface area contributed by atoms with Crippen LogP contribution < -0.4 is 0 Å². The zero-order valence-electron chi connectivity index (χ0n) is 14.0. The Hall–Kier alpha value is -1.52. The first-order chi connectivity index (χ1) is 10.3. The summed E-state index contributed by atoms with van der Waals surface area (Å²) in [5.74, 6) is 0. The van der Waals surface area contributed by atoms with E-state index in [9.17, 15) is 0 Å². The first-order valence-electron chi connectivity index (χ1n) is 7.75. The summed E-state index contributed by atoms with van der Waals surface area (Å²) >= 11 is 0. The normalized spacial score (nSPS) is 20.0. The smallest absolute Gasteiger partial charge is 0.192 e. The lowest BCUT2D eigenvalue weighted by atomic mass is 9.96. The molecule has 3 rings (SSSR count). The molecule has 0 bridgehead atoms. The van der Waals surface area contributed by atoms with Gasteiger partial charge in [-0.2, -0.15) is 0 Å². The van der Waals surface area contributed by atoms with Crippen molar-refractivity contribution >= 4 is 20.5 Å². The maximum absolute atomic E-state index is 6.69. The molecule has 0 N–H and O–H groups in total. The van der Waals surface area contributed by atoms with E-state index in [1.807, 2.05) is 12.5 Å². The molecular weight excluding hydrogens is 292 g/mol. The monoisotopic (exact) mass is 316 g/mol. The summed E-state index contributed by atoms with van der Waals surface area (Å²) in [7, 11) is -1.87. The van der Waals surface area contributed by atoms with Crippen LogP contribution in [0.3, 0.4) is 0 Å². The van der Waals surface area contributed by atoms with Crippen LogP contribution in [-0.4, -0.2) is 8.32 Å². The molecule has 0 amide bonds. The van der Waals surface area contributed by atoms with Crippen LogP contribution in [0.4, 0.5) is 0 Å². The molecule has 2 aromatic heterocycles. The molecule has 0 radical (unpaired) electrons. The lowest BCUT2D eigenvalue weighted by molar-refractivity contribution is 0.182. The second-order valence-electron chi connectivity index (χ2n) is 7.54. The van der Waals surface area contributed by atoms with Crippen molar-refractivity contribution in [3.63, 3.8) is 0 Å². The topological polar surface area (TPSA) is 35.5 Å². The van der Waals surface area contributed by atoms with Gasteiger partial charge in [-0.15, -0.1) is 0 Å². The van der Waals surface area contributed by atoms with Gasteiger partial charge in [0, 0.05) is 28.7 Å².